The Morgan fingerprint density at radius 1 is 1.38 bits per heavy atom. The summed E-state index contributed by atoms with van der Waals surface area (Å²) in [5, 5.41) is 12.5. The van der Waals surface area contributed by atoms with Crippen LogP contribution in [0.15, 0.2) is 18.2 Å². The molecule has 118 valence electrons. The maximum absolute atomic E-state index is 11.2. The Morgan fingerprint density at radius 2 is 2.10 bits per heavy atom. The van der Waals surface area contributed by atoms with Crippen molar-refractivity contribution in [1.82, 2.24) is 5.32 Å². The van der Waals surface area contributed by atoms with E-state index in [1.807, 2.05) is 19.1 Å². The second kappa shape index (κ2) is 8.52. The fraction of sp³-hybridized carbons (Fsp3) is 0.562. The number of ether oxygens (including phenoxy) is 2. The predicted molar refractivity (Wildman–Crippen MR) is 82.0 cm³/mol. The van der Waals surface area contributed by atoms with Gasteiger partial charge in [0.2, 0.25) is 0 Å². The van der Waals surface area contributed by atoms with Crippen LogP contribution in [0.3, 0.4) is 0 Å². The molecule has 0 saturated carbocycles. The van der Waals surface area contributed by atoms with Gasteiger partial charge >= 0.3 is 5.97 Å². The van der Waals surface area contributed by atoms with Gasteiger partial charge < -0.3 is 19.9 Å². The minimum absolute atomic E-state index is 0.0807. The molecule has 2 N–H and O–H groups in total. The van der Waals surface area contributed by atoms with Gasteiger partial charge in [0.1, 0.15) is 11.5 Å². The van der Waals surface area contributed by atoms with Crippen LogP contribution in [0.2, 0.25) is 0 Å². The maximum Gasteiger partial charge on any atom is 0.344 e. The zero-order valence-electron chi connectivity index (χ0n) is 13.2. The van der Waals surface area contributed by atoms with Crippen molar-refractivity contribution in [3.05, 3.63) is 23.8 Å². The molecule has 5 nitrogen and oxygen atoms in total. The summed E-state index contributed by atoms with van der Waals surface area (Å²) in [6, 6.07) is 5.59. The minimum Gasteiger partial charge on any atom is -0.497 e. The first kappa shape index (κ1) is 17.3. The van der Waals surface area contributed by atoms with Gasteiger partial charge in [0.05, 0.1) is 7.11 Å². The van der Waals surface area contributed by atoms with Crippen LogP contribution >= 0.6 is 0 Å². The molecule has 21 heavy (non-hydrogen) atoms. The van der Waals surface area contributed by atoms with Crippen molar-refractivity contribution in [2.45, 2.75) is 45.8 Å². The lowest BCUT2D eigenvalue weighted by Crippen LogP contribution is -2.27. The van der Waals surface area contributed by atoms with E-state index in [0.29, 0.717) is 17.9 Å². The lowest BCUT2D eigenvalue weighted by Gasteiger charge is -2.21. The summed E-state index contributed by atoms with van der Waals surface area (Å²) in [4.78, 5) is 11.2. The van der Waals surface area contributed by atoms with E-state index < -0.39 is 12.1 Å². The molecule has 1 rings (SSSR count). The Hall–Kier alpha value is -1.75. The van der Waals surface area contributed by atoms with Crippen LogP contribution in [0.1, 0.15) is 45.2 Å². The first-order chi connectivity index (χ1) is 10.0. The van der Waals surface area contributed by atoms with E-state index in [9.17, 15) is 4.79 Å². The number of nitrogens with one attached hydrogen (secondary N) is 1. The number of hydrogen-bond acceptors (Lipinski definition) is 4. The van der Waals surface area contributed by atoms with Gasteiger partial charge in [-0.15, -0.1) is 0 Å². The standard InChI is InChI=1S/C16H25NO4/c1-5-9-17-11(3)13-8-7-12(20-4)10-15(13)21-14(6-2)16(18)19/h7-8,10-11,14,17H,5-6,9H2,1-4H3,(H,18,19). The summed E-state index contributed by atoms with van der Waals surface area (Å²) >= 11 is 0. The van der Waals surface area contributed by atoms with Crippen LogP contribution in [-0.2, 0) is 4.79 Å². The van der Waals surface area contributed by atoms with Crippen LogP contribution in [-0.4, -0.2) is 30.8 Å². The molecule has 2 atom stereocenters. The van der Waals surface area contributed by atoms with Crippen molar-refractivity contribution >= 4 is 5.97 Å². The summed E-state index contributed by atoms with van der Waals surface area (Å²) in [6.07, 6.45) is 0.584. The normalized spacial score (nSPS) is 13.5. The largest absolute Gasteiger partial charge is 0.497 e. The second-order valence-electron chi connectivity index (χ2n) is 4.93. The maximum atomic E-state index is 11.2. The summed E-state index contributed by atoms with van der Waals surface area (Å²) in [7, 11) is 1.58. The van der Waals surface area contributed by atoms with Gasteiger partial charge in [0, 0.05) is 17.7 Å². The number of benzene rings is 1. The van der Waals surface area contributed by atoms with Crippen LogP contribution in [0.25, 0.3) is 0 Å². The minimum atomic E-state index is -0.958. The molecule has 1 aromatic rings. The van der Waals surface area contributed by atoms with Gasteiger partial charge in [-0.25, -0.2) is 4.79 Å². The highest BCUT2D eigenvalue weighted by atomic mass is 16.5. The number of carboxylic acid groups (broad SMARTS) is 1. The van der Waals surface area contributed by atoms with Crippen molar-refractivity contribution in [1.29, 1.82) is 0 Å². The van der Waals surface area contributed by atoms with E-state index in [1.54, 1.807) is 20.1 Å². The highest BCUT2D eigenvalue weighted by Crippen LogP contribution is 2.30. The third-order valence-electron chi connectivity index (χ3n) is 3.30. The van der Waals surface area contributed by atoms with E-state index in [-0.39, 0.29) is 6.04 Å². The lowest BCUT2D eigenvalue weighted by molar-refractivity contribution is -0.145. The quantitative estimate of drug-likeness (QED) is 0.733. The molecule has 0 amide bonds. The van der Waals surface area contributed by atoms with E-state index in [4.69, 9.17) is 14.6 Å². The SMILES string of the molecule is CCCNC(C)c1ccc(OC)cc1OC(CC)C(=O)O. The second-order valence-corrected chi connectivity index (χ2v) is 4.93. The lowest BCUT2D eigenvalue weighted by atomic mass is 10.1. The van der Waals surface area contributed by atoms with E-state index in [0.717, 1.165) is 18.5 Å². The van der Waals surface area contributed by atoms with Crippen molar-refractivity contribution in [2.24, 2.45) is 0 Å². The fourth-order valence-corrected chi connectivity index (χ4v) is 2.03. The van der Waals surface area contributed by atoms with Crippen LogP contribution < -0.4 is 14.8 Å². The Balaban J connectivity index is 3.03. The van der Waals surface area contributed by atoms with Crippen molar-refractivity contribution < 1.29 is 19.4 Å². The number of rotatable bonds is 9. The summed E-state index contributed by atoms with van der Waals surface area (Å²) in [5.41, 5.74) is 0.934. The van der Waals surface area contributed by atoms with Gasteiger partial charge in [-0.05, 0) is 32.4 Å². The van der Waals surface area contributed by atoms with Gasteiger partial charge in [-0.2, -0.15) is 0 Å². The van der Waals surface area contributed by atoms with Crippen LogP contribution in [0.5, 0.6) is 11.5 Å². The summed E-state index contributed by atoms with van der Waals surface area (Å²) < 4.78 is 10.9. The first-order valence-electron chi connectivity index (χ1n) is 7.34. The first-order valence-corrected chi connectivity index (χ1v) is 7.34. The topological polar surface area (TPSA) is 67.8 Å². The van der Waals surface area contributed by atoms with E-state index in [1.165, 1.54) is 0 Å². The molecule has 0 aliphatic rings. The number of methoxy groups -OCH3 is 1. The fourth-order valence-electron chi connectivity index (χ4n) is 2.03. The summed E-state index contributed by atoms with van der Waals surface area (Å²) in [6.45, 7) is 6.81. The average molecular weight is 295 g/mol. The molecule has 0 fully saturated rings. The molecule has 0 heterocycles. The third kappa shape index (κ3) is 4.93. The molecule has 2 unspecified atom stereocenters. The Labute approximate surface area is 126 Å². The Bertz CT molecular complexity index is 462. The molecule has 0 aliphatic heterocycles. The number of hydrogen-bond donors (Lipinski definition) is 2. The number of carboxylic acids is 1. The molecule has 0 saturated heterocycles. The molecule has 1 aromatic carbocycles. The predicted octanol–water partition coefficient (Wildman–Crippen LogP) is 3.00. The molecule has 0 aliphatic carbocycles. The number of carbonyl (C=O) groups is 1. The molecule has 0 aromatic heterocycles. The van der Waals surface area contributed by atoms with E-state index in [2.05, 4.69) is 12.2 Å². The summed E-state index contributed by atoms with van der Waals surface area (Å²) in [5.74, 6) is 0.247. The van der Waals surface area contributed by atoms with Crippen LogP contribution in [0, 0.1) is 0 Å². The van der Waals surface area contributed by atoms with Gasteiger partial charge in [0.25, 0.3) is 0 Å². The Morgan fingerprint density at radius 3 is 2.62 bits per heavy atom. The third-order valence-corrected chi connectivity index (χ3v) is 3.30. The average Bonchev–Trinajstić information content (AvgIpc) is 2.49. The van der Waals surface area contributed by atoms with Crippen molar-refractivity contribution in [3.8, 4) is 11.5 Å². The molecule has 0 spiro atoms. The molecule has 5 heteroatoms. The zero-order valence-corrected chi connectivity index (χ0v) is 13.2. The molecular formula is C16H25NO4. The van der Waals surface area contributed by atoms with E-state index >= 15 is 0 Å². The van der Waals surface area contributed by atoms with Gasteiger partial charge in [0.15, 0.2) is 6.10 Å². The van der Waals surface area contributed by atoms with Crippen LogP contribution in [0.4, 0.5) is 0 Å². The zero-order chi connectivity index (χ0) is 15.8. The van der Waals surface area contributed by atoms with Gasteiger partial charge in [-0.1, -0.05) is 19.9 Å². The molecule has 0 bridgehead atoms. The Kier molecular flexibility index (Phi) is 7.02. The smallest absolute Gasteiger partial charge is 0.344 e. The highest BCUT2D eigenvalue weighted by molar-refractivity contribution is 5.72. The number of aliphatic carboxylic acids is 1. The molecular weight excluding hydrogens is 270 g/mol. The van der Waals surface area contributed by atoms with Crippen molar-refractivity contribution in [2.75, 3.05) is 13.7 Å². The van der Waals surface area contributed by atoms with Crippen molar-refractivity contribution in [3.63, 3.8) is 0 Å². The monoisotopic (exact) mass is 295 g/mol. The highest BCUT2D eigenvalue weighted by Gasteiger charge is 2.20. The van der Waals surface area contributed by atoms with Gasteiger partial charge in [-0.3, -0.25) is 0 Å². The molecule has 0 radical (unpaired) electrons.